The molecule has 2 saturated heterocycles. The van der Waals surface area contributed by atoms with E-state index < -0.39 is 33.7 Å². The summed E-state index contributed by atoms with van der Waals surface area (Å²) in [5, 5.41) is 1.81. The second-order valence-corrected chi connectivity index (χ2v) is 10.1. The molecule has 0 saturated carbocycles. The van der Waals surface area contributed by atoms with Crippen molar-refractivity contribution in [1.29, 1.82) is 0 Å². The summed E-state index contributed by atoms with van der Waals surface area (Å²) >= 11 is 0. The average Bonchev–Trinajstić information content (AvgIpc) is 3.13. The molecule has 0 bridgehead atoms. The van der Waals surface area contributed by atoms with Crippen LogP contribution in [0.1, 0.15) is 6.42 Å². The summed E-state index contributed by atoms with van der Waals surface area (Å²) in [4.78, 5) is 28.4. The number of anilines is 1. The third-order valence-corrected chi connectivity index (χ3v) is 8.18. The lowest BCUT2D eigenvalue weighted by Crippen LogP contribution is -2.53. The van der Waals surface area contributed by atoms with Crippen LogP contribution in [0.15, 0.2) is 71.6 Å². The molecule has 0 N–H and O–H groups in total. The highest BCUT2D eigenvalue weighted by molar-refractivity contribution is 7.89. The number of piperazine rings is 1. The van der Waals surface area contributed by atoms with Crippen LogP contribution in [0, 0.1) is 5.82 Å². The third kappa shape index (κ3) is 3.82. The normalized spacial score (nSPS) is 20.6. The summed E-state index contributed by atoms with van der Waals surface area (Å²) in [6.07, 6.45) is -0.0510. The maximum atomic E-state index is 14.2. The van der Waals surface area contributed by atoms with Crippen LogP contribution in [0.25, 0.3) is 10.8 Å². The van der Waals surface area contributed by atoms with Gasteiger partial charge in [0, 0.05) is 26.2 Å². The first-order chi connectivity index (χ1) is 15.9. The van der Waals surface area contributed by atoms with Crippen LogP contribution in [0.5, 0.6) is 0 Å². The zero-order valence-corrected chi connectivity index (χ0v) is 18.5. The number of nitrogens with zero attached hydrogens (tertiary/aromatic N) is 3. The van der Waals surface area contributed by atoms with Crippen LogP contribution in [-0.4, -0.2) is 61.7 Å². The Bertz CT molecular complexity index is 1350. The molecule has 9 heteroatoms. The minimum absolute atomic E-state index is 0.0486. The van der Waals surface area contributed by atoms with E-state index in [1.807, 2.05) is 29.2 Å². The molecule has 3 aromatic carbocycles. The van der Waals surface area contributed by atoms with Crippen LogP contribution >= 0.6 is 0 Å². The second-order valence-electron chi connectivity index (χ2n) is 8.19. The molecule has 2 amide bonds. The molecular weight excluding hydrogens is 445 g/mol. The van der Waals surface area contributed by atoms with Crippen molar-refractivity contribution in [2.75, 3.05) is 31.1 Å². The van der Waals surface area contributed by atoms with Crippen LogP contribution in [-0.2, 0) is 19.6 Å². The van der Waals surface area contributed by atoms with Crippen LogP contribution in [0.4, 0.5) is 10.1 Å². The lowest BCUT2D eigenvalue weighted by molar-refractivity contribution is -0.123. The fourth-order valence-electron chi connectivity index (χ4n) is 4.52. The van der Waals surface area contributed by atoms with Gasteiger partial charge in [-0.3, -0.25) is 14.5 Å². The summed E-state index contributed by atoms with van der Waals surface area (Å²) < 4.78 is 41.9. The van der Waals surface area contributed by atoms with E-state index in [2.05, 4.69) is 0 Å². The van der Waals surface area contributed by atoms with E-state index >= 15 is 0 Å². The van der Waals surface area contributed by atoms with Gasteiger partial charge in [-0.25, -0.2) is 17.7 Å². The van der Waals surface area contributed by atoms with Crippen molar-refractivity contribution in [3.05, 3.63) is 72.5 Å². The predicted octanol–water partition coefficient (Wildman–Crippen LogP) is 2.62. The number of fused-ring (bicyclic) bond motifs is 1. The minimum Gasteiger partial charge on any atom is -0.289 e. The fourth-order valence-corrected chi connectivity index (χ4v) is 5.98. The topological polar surface area (TPSA) is 78.0 Å². The monoisotopic (exact) mass is 467 g/mol. The molecule has 2 aliphatic heterocycles. The molecule has 0 aliphatic carbocycles. The number of halogens is 1. The zero-order valence-electron chi connectivity index (χ0n) is 17.7. The smallest absolute Gasteiger partial charge is 0.251 e. The van der Waals surface area contributed by atoms with Gasteiger partial charge in [-0.05, 0) is 35.0 Å². The van der Waals surface area contributed by atoms with E-state index in [9.17, 15) is 22.4 Å². The largest absolute Gasteiger partial charge is 0.289 e. The first-order valence-corrected chi connectivity index (χ1v) is 12.1. The zero-order chi connectivity index (χ0) is 23.2. The lowest BCUT2D eigenvalue weighted by atomic mass is 10.1. The predicted molar refractivity (Wildman–Crippen MR) is 122 cm³/mol. The summed E-state index contributed by atoms with van der Waals surface area (Å²) in [6.45, 7) is 1.02. The van der Waals surface area contributed by atoms with E-state index in [0.29, 0.717) is 13.1 Å². The second kappa shape index (κ2) is 8.33. The standard InChI is InChI=1S/C24H22FN3O4S/c25-20-7-3-4-8-21(20)28-23(29)16-22(24(28)30)26-11-13-27(14-12-26)33(31,32)19-10-9-17-5-1-2-6-18(17)15-19/h1-10,15,22H,11-14,16H2/t22-/m0/s1. The van der Waals surface area contributed by atoms with Gasteiger partial charge in [-0.1, -0.05) is 42.5 Å². The van der Waals surface area contributed by atoms with Gasteiger partial charge >= 0.3 is 0 Å². The number of hydrogen-bond donors (Lipinski definition) is 0. The van der Waals surface area contributed by atoms with Gasteiger partial charge in [-0.2, -0.15) is 4.31 Å². The Kier molecular flexibility index (Phi) is 5.48. The number of para-hydroxylation sites is 1. The summed E-state index contributed by atoms with van der Waals surface area (Å²) in [6, 6.07) is 17.6. The van der Waals surface area contributed by atoms with Crippen LogP contribution in [0.3, 0.4) is 0 Å². The van der Waals surface area contributed by atoms with Crippen molar-refractivity contribution in [3.8, 4) is 0 Å². The van der Waals surface area contributed by atoms with Crippen molar-refractivity contribution < 1.29 is 22.4 Å². The highest BCUT2D eigenvalue weighted by atomic mass is 32.2. The van der Waals surface area contributed by atoms with Crippen molar-refractivity contribution in [2.45, 2.75) is 17.4 Å². The maximum absolute atomic E-state index is 14.2. The van der Waals surface area contributed by atoms with Gasteiger partial charge in [0.25, 0.3) is 5.91 Å². The van der Waals surface area contributed by atoms with Crippen molar-refractivity contribution in [2.24, 2.45) is 0 Å². The fraction of sp³-hybridized carbons (Fsp3) is 0.250. The summed E-state index contributed by atoms with van der Waals surface area (Å²) in [5.41, 5.74) is -0.0486. The van der Waals surface area contributed by atoms with E-state index in [-0.39, 0.29) is 30.1 Å². The molecular formula is C24H22FN3O4S. The van der Waals surface area contributed by atoms with Crippen molar-refractivity contribution >= 4 is 38.3 Å². The molecule has 1 atom stereocenters. The Morgan fingerprint density at radius 3 is 2.21 bits per heavy atom. The number of imide groups is 1. The molecule has 3 aromatic rings. The van der Waals surface area contributed by atoms with E-state index in [1.165, 1.54) is 22.5 Å². The SMILES string of the molecule is O=C1C[C@H](N2CCN(S(=O)(=O)c3ccc4ccccc4c3)CC2)C(=O)N1c1ccccc1F. The first-order valence-electron chi connectivity index (χ1n) is 10.7. The van der Waals surface area contributed by atoms with E-state index in [0.717, 1.165) is 15.7 Å². The Labute approximate surface area is 191 Å². The summed E-state index contributed by atoms with van der Waals surface area (Å²) in [7, 11) is -3.69. The van der Waals surface area contributed by atoms with Crippen molar-refractivity contribution in [3.63, 3.8) is 0 Å². The number of hydrogen-bond acceptors (Lipinski definition) is 5. The van der Waals surface area contributed by atoms with Gasteiger partial charge < -0.3 is 0 Å². The van der Waals surface area contributed by atoms with E-state index in [4.69, 9.17) is 0 Å². The molecule has 2 aliphatic rings. The van der Waals surface area contributed by atoms with Gasteiger partial charge in [-0.15, -0.1) is 0 Å². The molecule has 170 valence electrons. The lowest BCUT2D eigenvalue weighted by Gasteiger charge is -2.36. The average molecular weight is 468 g/mol. The maximum Gasteiger partial charge on any atom is 0.251 e. The Hall–Kier alpha value is -3.14. The molecule has 7 nitrogen and oxygen atoms in total. The van der Waals surface area contributed by atoms with Gasteiger partial charge in [0.05, 0.1) is 23.0 Å². The molecule has 2 heterocycles. The molecule has 0 unspecified atom stereocenters. The Morgan fingerprint density at radius 1 is 0.818 bits per heavy atom. The number of rotatable bonds is 4. The molecule has 0 radical (unpaired) electrons. The van der Waals surface area contributed by atoms with Crippen molar-refractivity contribution in [1.82, 2.24) is 9.21 Å². The number of amides is 2. The van der Waals surface area contributed by atoms with Crippen LogP contribution < -0.4 is 4.90 Å². The first kappa shape index (κ1) is 21.7. The van der Waals surface area contributed by atoms with E-state index in [1.54, 1.807) is 24.3 Å². The minimum atomic E-state index is -3.69. The highest BCUT2D eigenvalue weighted by Crippen LogP contribution is 2.29. The molecule has 2 fully saturated rings. The molecule has 5 rings (SSSR count). The third-order valence-electron chi connectivity index (χ3n) is 6.29. The van der Waals surface area contributed by atoms with Gasteiger partial charge in [0.2, 0.25) is 15.9 Å². The molecule has 0 spiro atoms. The van der Waals surface area contributed by atoms with Gasteiger partial charge in [0.15, 0.2) is 0 Å². The summed E-state index contributed by atoms with van der Waals surface area (Å²) in [5.74, 6) is -1.57. The molecule has 0 aromatic heterocycles. The highest BCUT2D eigenvalue weighted by Gasteiger charge is 2.44. The number of benzene rings is 3. The molecule has 33 heavy (non-hydrogen) atoms. The number of carbonyl (C=O) groups is 2. The number of sulfonamides is 1. The number of carbonyl (C=O) groups excluding carboxylic acids is 2. The Balaban J connectivity index is 1.30. The Morgan fingerprint density at radius 2 is 1.48 bits per heavy atom. The van der Waals surface area contributed by atoms with Gasteiger partial charge in [0.1, 0.15) is 5.82 Å². The van der Waals surface area contributed by atoms with Crippen LogP contribution in [0.2, 0.25) is 0 Å². The quantitative estimate of drug-likeness (QED) is 0.552.